The molecule has 15 heavy (non-hydrogen) atoms. The van der Waals surface area contributed by atoms with E-state index in [0.29, 0.717) is 30.3 Å². The van der Waals surface area contributed by atoms with Crippen LogP contribution in [0.15, 0.2) is 0 Å². The van der Waals surface area contributed by atoms with Crippen molar-refractivity contribution in [1.82, 2.24) is 4.90 Å². The number of nitrogens with two attached hydrogens (primary N) is 1. The largest absolute Gasteiger partial charge is 0.338 e. The lowest BCUT2D eigenvalue weighted by molar-refractivity contribution is -0.136. The predicted molar refractivity (Wildman–Crippen MR) is 60.3 cm³/mol. The zero-order chi connectivity index (χ0) is 10.8. The van der Waals surface area contributed by atoms with Gasteiger partial charge in [0, 0.05) is 25.6 Å². The molecule has 1 heterocycles. The molecule has 2 atom stereocenters. The van der Waals surface area contributed by atoms with Gasteiger partial charge in [0.05, 0.1) is 0 Å². The minimum atomic E-state index is 0.296. The Balaban J connectivity index is 1.94. The number of carbonyl (C=O) groups excluding carboxylic acids is 1. The van der Waals surface area contributed by atoms with E-state index in [1.807, 2.05) is 4.90 Å². The van der Waals surface area contributed by atoms with Crippen LogP contribution in [-0.2, 0) is 4.79 Å². The van der Waals surface area contributed by atoms with Gasteiger partial charge in [-0.25, -0.2) is 0 Å². The topological polar surface area (TPSA) is 46.3 Å². The Morgan fingerprint density at radius 1 is 1.40 bits per heavy atom. The number of hydrogen-bond donors (Lipinski definition) is 1. The Morgan fingerprint density at radius 3 is 2.73 bits per heavy atom. The van der Waals surface area contributed by atoms with Crippen LogP contribution in [0, 0.1) is 11.8 Å². The summed E-state index contributed by atoms with van der Waals surface area (Å²) in [6.45, 7) is 3.77. The summed E-state index contributed by atoms with van der Waals surface area (Å²) in [4.78, 5) is 14.1. The highest BCUT2D eigenvalue weighted by atomic mass is 16.2. The van der Waals surface area contributed by atoms with Gasteiger partial charge in [0.25, 0.3) is 0 Å². The molecule has 2 unspecified atom stereocenters. The van der Waals surface area contributed by atoms with Crippen molar-refractivity contribution in [2.24, 2.45) is 17.6 Å². The lowest BCUT2D eigenvalue weighted by Crippen LogP contribution is -2.51. The molecule has 0 aromatic heterocycles. The molecule has 1 saturated heterocycles. The molecule has 1 aliphatic carbocycles. The van der Waals surface area contributed by atoms with Crippen molar-refractivity contribution in [2.45, 2.75) is 45.1 Å². The van der Waals surface area contributed by atoms with Gasteiger partial charge in [-0.3, -0.25) is 4.79 Å². The van der Waals surface area contributed by atoms with Crippen LogP contribution in [0.2, 0.25) is 0 Å². The number of hydrogen-bond acceptors (Lipinski definition) is 2. The third kappa shape index (κ3) is 2.51. The van der Waals surface area contributed by atoms with Crippen LogP contribution < -0.4 is 5.73 Å². The van der Waals surface area contributed by atoms with Crippen molar-refractivity contribution < 1.29 is 4.79 Å². The minimum Gasteiger partial charge on any atom is -0.338 e. The highest BCUT2D eigenvalue weighted by molar-refractivity contribution is 5.77. The van der Waals surface area contributed by atoms with Crippen LogP contribution in [0.25, 0.3) is 0 Å². The third-order valence-corrected chi connectivity index (χ3v) is 3.84. The number of carbonyl (C=O) groups is 1. The van der Waals surface area contributed by atoms with Gasteiger partial charge in [-0.2, -0.15) is 0 Å². The summed E-state index contributed by atoms with van der Waals surface area (Å²) < 4.78 is 0. The molecule has 1 saturated carbocycles. The van der Waals surface area contributed by atoms with Crippen molar-refractivity contribution in [3.05, 3.63) is 0 Å². The average Bonchev–Trinajstić information content (AvgIpc) is 3.01. The van der Waals surface area contributed by atoms with E-state index in [9.17, 15) is 4.79 Å². The fourth-order valence-corrected chi connectivity index (χ4v) is 2.60. The molecule has 3 nitrogen and oxygen atoms in total. The van der Waals surface area contributed by atoms with Crippen molar-refractivity contribution >= 4 is 5.91 Å². The van der Waals surface area contributed by atoms with Gasteiger partial charge < -0.3 is 10.6 Å². The normalized spacial score (nSPS) is 31.7. The van der Waals surface area contributed by atoms with Crippen LogP contribution in [0.4, 0.5) is 0 Å². The van der Waals surface area contributed by atoms with E-state index >= 15 is 0 Å². The standard InChI is InChI=1S/C12H22N2O/c1-9-3-2-6-14(11(9)8-13)12(15)7-10-4-5-10/h9-11H,2-8,13H2,1H3. The third-order valence-electron chi connectivity index (χ3n) is 3.84. The van der Waals surface area contributed by atoms with E-state index in [2.05, 4.69) is 6.92 Å². The molecule has 1 amide bonds. The molecule has 0 bridgehead atoms. The second kappa shape index (κ2) is 4.52. The van der Waals surface area contributed by atoms with Crippen molar-refractivity contribution in [1.29, 1.82) is 0 Å². The van der Waals surface area contributed by atoms with Gasteiger partial charge in [-0.15, -0.1) is 0 Å². The first-order valence-electron chi connectivity index (χ1n) is 6.22. The molecular formula is C12H22N2O. The molecule has 0 spiro atoms. The van der Waals surface area contributed by atoms with Crippen LogP contribution in [0.1, 0.15) is 39.0 Å². The molecule has 2 aliphatic rings. The van der Waals surface area contributed by atoms with E-state index in [1.165, 1.54) is 19.3 Å². The SMILES string of the molecule is CC1CCCN(C(=O)CC2CC2)C1CN. The average molecular weight is 210 g/mol. The van der Waals surface area contributed by atoms with Crippen LogP contribution in [0.3, 0.4) is 0 Å². The fraction of sp³-hybridized carbons (Fsp3) is 0.917. The molecular weight excluding hydrogens is 188 g/mol. The Morgan fingerprint density at radius 2 is 2.13 bits per heavy atom. The van der Waals surface area contributed by atoms with Gasteiger partial charge >= 0.3 is 0 Å². The highest BCUT2D eigenvalue weighted by Gasteiger charge is 2.33. The van der Waals surface area contributed by atoms with Crippen LogP contribution >= 0.6 is 0 Å². The molecule has 0 aromatic rings. The molecule has 1 aliphatic heterocycles. The number of amides is 1. The van der Waals surface area contributed by atoms with Gasteiger partial charge in [0.2, 0.25) is 5.91 Å². The van der Waals surface area contributed by atoms with Crippen LogP contribution in [0.5, 0.6) is 0 Å². The van der Waals surface area contributed by atoms with Crippen molar-refractivity contribution in [2.75, 3.05) is 13.1 Å². The second-order valence-electron chi connectivity index (χ2n) is 5.16. The molecule has 0 aromatic carbocycles. The summed E-state index contributed by atoms with van der Waals surface area (Å²) in [6.07, 6.45) is 5.64. The van der Waals surface area contributed by atoms with E-state index in [1.54, 1.807) is 0 Å². The van der Waals surface area contributed by atoms with Gasteiger partial charge in [-0.1, -0.05) is 6.92 Å². The molecule has 2 fully saturated rings. The Hall–Kier alpha value is -0.570. The van der Waals surface area contributed by atoms with E-state index in [-0.39, 0.29) is 0 Å². The zero-order valence-corrected chi connectivity index (χ0v) is 9.61. The first-order valence-corrected chi connectivity index (χ1v) is 6.22. The Bertz CT molecular complexity index is 238. The number of rotatable bonds is 3. The van der Waals surface area contributed by atoms with E-state index in [4.69, 9.17) is 5.73 Å². The van der Waals surface area contributed by atoms with Gasteiger partial charge in [0.15, 0.2) is 0 Å². The second-order valence-corrected chi connectivity index (χ2v) is 5.16. The van der Waals surface area contributed by atoms with Crippen LogP contribution in [-0.4, -0.2) is 29.9 Å². The summed E-state index contributed by atoms with van der Waals surface area (Å²) in [7, 11) is 0. The monoisotopic (exact) mass is 210 g/mol. The lowest BCUT2D eigenvalue weighted by Gasteiger charge is -2.39. The first-order chi connectivity index (χ1) is 7.22. The van der Waals surface area contributed by atoms with Gasteiger partial charge in [-0.05, 0) is 37.5 Å². The molecule has 86 valence electrons. The Kier molecular flexibility index (Phi) is 3.29. The van der Waals surface area contributed by atoms with Crippen molar-refractivity contribution in [3.8, 4) is 0 Å². The van der Waals surface area contributed by atoms with E-state index in [0.717, 1.165) is 19.4 Å². The maximum Gasteiger partial charge on any atom is 0.223 e. The summed E-state index contributed by atoms with van der Waals surface area (Å²) in [5.74, 6) is 1.61. The van der Waals surface area contributed by atoms with E-state index < -0.39 is 0 Å². The zero-order valence-electron chi connectivity index (χ0n) is 9.61. The molecule has 3 heteroatoms. The predicted octanol–water partition coefficient (Wildman–Crippen LogP) is 1.37. The molecule has 2 N–H and O–H groups in total. The summed E-state index contributed by atoms with van der Waals surface area (Å²) in [5.41, 5.74) is 5.77. The highest BCUT2D eigenvalue weighted by Crippen LogP contribution is 2.34. The first kappa shape index (κ1) is 10.9. The summed E-state index contributed by atoms with van der Waals surface area (Å²) >= 11 is 0. The molecule has 2 rings (SSSR count). The Labute approximate surface area is 92.0 Å². The number of nitrogens with zero attached hydrogens (tertiary/aromatic N) is 1. The lowest BCUT2D eigenvalue weighted by atomic mass is 9.90. The number of piperidine rings is 1. The maximum atomic E-state index is 12.0. The fourth-order valence-electron chi connectivity index (χ4n) is 2.60. The van der Waals surface area contributed by atoms with Crippen molar-refractivity contribution in [3.63, 3.8) is 0 Å². The summed E-state index contributed by atoms with van der Waals surface area (Å²) in [6, 6.07) is 0.296. The minimum absolute atomic E-state index is 0.296. The number of likely N-dealkylation sites (tertiary alicyclic amines) is 1. The maximum absolute atomic E-state index is 12.0. The molecule has 0 radical (unpaired) electrons. The smallest absolute Gasteiger partial charge is 0.223 e. The van der Waals surface area contributed by atoms with Gasteiger partial charge in [0.1, 0.15) is 0 Å². The quantitative estimate of drug-likeness (QED) is 0.764. The summed E-state index contributed by atoms with van der Waals surface area (Å²) in [5, 5.41) is 0.